The molecule has 0 radical (unpaired) electrons. The quantitative estimate of drug-likeness (QED) is 0.571. The summed E-state index contributed by atoms with van der Waals surface area (Å²) < 4.78 is 5.57. The lowest BCUT2D eigenvalue weighted by molar-refractivity contribution is 0.645. The van der Waals surface area contributed by atoms with E-state index in [0.717, 1.165) is 5.56 Å². The van der Waals surface area contributed by atoms with E-state index >= 15 is 0 Å². The molecule has 0 amide bonds. The van der Waals surface area contributed by atoms with Crippen molar-refractivity contribution in [2.45, 2.75) is 6.92 Å². The summed E-state index contributed by atoms with van der Waals surface area (Å²) in [4.78, 5) is 16.3. The number of hydrogen-bond donors (Lipinski definition) is 0. The van der Waals surface area contributed by atoms with E-state index < -0.39 is 0 Å². The Morgan fingerprint density at radius 2 is 2.12 bits per heavy atom. The zero-order chi connectivity index (χ0) is 12.0. The molecule has 3 nitrogen and oxygen atoms in total. The van der Waals surface area contributed by atoms with Gasteiger partial charge >= 0.3 is 0 Å². The molecule has 2 heterocycles. The van der Waals surface area contributed by atoms with E-state index in [1.807, 2.05) is 6.92 Å². The van der Waals surface area contributed by atoms with Gasteiger partial charge in [0.1, 0.15) is 0 Å². The van der Waals surface area contributed by atoms with Gasteiger partial charge in [-0.25, -0.2) is 4.98 Å². The van der Waals surface area contributed by atoms with Gasteiger partial charge in [-0.05, 0) is 36.8 Å². The molecule has 3 aromatic rings. The van der Waals surface area contributed by atoms with Gasteiger partial charge in [0, 0.05) is 6.20 Å². The van der Waals surface area contributed by atoms with Gasteiger partial charge in [-0.3, -0.25) is 4.79 Å². The van der Waals surface area contributed by atoms with Gasteiger partial charge in [-0.1, -0.05) is 11.6 Å². The minimum atomic E-state index is -0.0973. The molecule has 0 spiro atoms. The van der Waals surface area contributed by atoms with Crippen LogP contribution in [-0.4, -0.2) is 4.98 Å². The molecule has 0 N–H and O–H groups in total. The van der Waals surface area contributed by atoms with E-state index in [0.29, 0.717) is 27.1 Å². The zero-order valence-electron chi connectivity index (χ0n) is 9.03. The number of hydrogen-bond acceptors (Lipinski definition) is 3. The number of halogens is 1. The van der Waals surface area contributed by atoms with Gasteiger partial charge in [-0.15, -0.1) is 0 Å². The molecule has 0 atom stereocenters. The van der Waals surface area contributed by atoms with Gasteiger partial charge in [0.2, 0.25) is 11.1 Å². The van der Waals surface area contributed by atoms with Crippen molar-refractivity contribution >= 4 is 33.7 Å². The largest absolute Gasteiger partial charge is 0.436 e. The van der Waals surface area contributed by atoms with Gasteiger partial charge in [0.25, 0.3) is 0 Å². The highest BCUT2D eigenvalue weighted by atomic mass is 35.5. The molecular formula is C13H8ClNO2. The van der Waals surface area contributed by atoms with Crippen LogP contribution in [0.4, 0.5) is 0 Å². The first-order chi connectivity index (χ1) is 8.16. The summed E-state index contributed by atoms with van der Waals surface area (Å²) >= 11 is 6.07. The fourth-order valence-corrected chi connectivity index (χ4v) is 2.20. The third-order valence-electron chi connectivity index (χ3n) is 2.65. The van der Waals surface area contributed by atoms with Crippen LogP contribution in [0.3, 0.4) is 0 Å². The van der Waals surface area contributed by atoms with E-state index in [-0.39, 0.29) is 5.43 Å². The summed E-state index contributed by atoms with van der Waals surface area (Å²) in [5.74, 6) is 0. The number of rotatable bonds is 0. The summed E-state index contributed by atoms with van der Waals surface area (Å²) in [7, 11) is 0. The molecule has 0 aliphatic rings. The standard InChI is InChI=1S/C13H8ClNO2/c1-7-5-9-11(16)8-3-2-4-15-13(8)17-12(9)10(14)6-7/h2-6H,1H3. The Bertz CT molecular complexity index is 792. The fourth-order valence-electron chi connectivity index (χ4n) is 1.89. The van der Waals surface area contributed by atoms with Crippen molar-refractivity contribution in [3.63, 3.8) is 0 Å². The van der Waals surface area contributed by atoms with Crippen LogP contribution in [0.25, 0.3) is 22.1 Å². The van der Waals surface area contributed by atoms with Gasteiger partial charge < -0.3 is 4.42 Å². The zero-order valence-corrected chi connectivity index (χ0v) is 9.78. The lowest BCUT2D eigenvalue weighted by Crippen LogP contribution is -2.03. The summed E-state index contributed by atoms with van der Waals surface area (Å²) in [6.07, 6.45) is 1.58. The summed E-state index contributed by atoms with van der Waals surface area (Å²) in [5.41, 5.74) is 1.54. The highest BCUT2D eigenvalue weighted by Gasteiger charge is 2.11. The first kappa shape index (κ1) is 10.3. The smallest absolute Gasteiger partial charge is 0.230 e. The molecule has 2 aromatic heterocycles. The van der Waals surface area contributed by atoms with E-state index in [2.05, 4.69) is 4.98 Å². The van der Waals surface area contributed by atoms with Crippen molar-refractivity contribution in [3.05, 3.63) is 51.3 Å². The van der Waals surface area contributed by atoms with Crippen LogP contribution in [-0.2, 0) is 0 Å². The highest BCUT2D eigenvalue weighted by molar-refractivity contribution is 6.35. The van der Waals surface area contributed by atoms with Crippen molar-refractivity contribution < 1.29 is 4.42 Å². The molecule has 17 heavy (non-hydrogen) atoms. The number of pyridine rings is 1. The average Bonchev–Trinajstić information content (AvgIpc) is 2.31. The summed E-state index contributed by atoms with van der Waals surface area (Å²) in [6, 6.07) is 6.95. The predicted molar refractivity (Wildman–Crippen MR) is 67.5 cm³/mol. The molecule has 0 bridgehead atoms. The first-order valence-electron chi connectivity index (χ1n) is 5.14. The molecule has 0 fully saturated rings. The molecule has 4 heteroatoms. The number of aryl methyl sites for hydroxylation is 1. The summed E-state index contributed by atoms with van der Waals surface area (Å²) in [6.45, 7) is 1.89. The Labute approximate surface area is 102 Å². The monoisotopic (exact) mass is 245 g/mol. The Balaban J connectivity index is 2.64. The molecule has 0 unspecified atom stereocenters. The van der Waals surface area contributed by atoms with E-state index in [9.17, 15) is 4.79 Å². The van der Waals surface area contributed by atoms with Crippen LogP contribution in [0.1, 0.15) is 5.56 Å². The maximum Gasteiger partial charge on any atom is 0.230 e. The lowest BCUT2D eigenvalue weighted by atomic mass is 10.1. The third-order valence-corrected chi connectivity index (χ3v) is 2.93. The van der Waals surface area contributed by atoms with Crippen LogP contribution in [0.5, 0.6) is 0 Å². The number of fused-ring (bicyclic) bond motifs is 2. The third kappa shape index (κ3) is 1.51. The van der Waals surface area contributed by atoms with Gasteiger partial charge in [-0.2, -0.15) is 0 Å². The minimum Gasteiger partial charge on any atom is -0.436 e. The molecule has 0 saturated carbocycles. The number of nitrogens with zero attached hydrogens (tertiary/aromatic N) is 1. The molecule has 1 aromatic carbocycles. The highest BCUT2D eigenvalue weighted by Crippen LogP contribution is 2.25. The summed E-state index contributed by atoms with van der Waals surface area (Å²) in [5, 5.41) is 1.40. The van der Waals surface area contributed by atoms with Crippen molar-refractivity contribution in [2.24, 2.45) is 0 Å². The van der Waals surface area contributed by atoms with Gasteiger partial charge in [0.15, 0.2) is 5.58 Å². The Hall–Kier alpha value is -1.87. The molecular weight excluding hydrogens is 238 g/mol. The Kier molecular flexibility index (Phi) is 2.16. The number of aromatic nitrogens is 1. The molecule has 0 aliphatic heterocycles. The van der Waals surface area contributed by atoms with Crippen molar-refractivity contribution in [2.75, 3.05) is 0 Å². The van der Waals surface area contributed by atoms with Crippen LogP contribution in [0.15, 0.2) is 39.7 Å². The normalized spacial score (nSPS) is 11.2. The molecule has 3 rings (SSSR count). The van der Waals surface area contributed by atoms with E-state index in [4.69, 9.17) is 16.0 Å². The second-order valence-corrected chi connectivity index (χ2v) is 4.32. The average molecular weight is 246 g/mol. The lowest BCUT2D eigenvalue weighted by Gasteiger charge is -2.03. The maximum absolute atomic E-state index is 12.2. The van der Waals surface area contributed by atoms with Crippen molar-refractivity contribution in [1.82, 2.24) is 4.98 Å². The minimum absolute atomic E-state index is 0.0973. The Morgan fingerprint density at radius 1 is 1.29 bits per heavy atom. The first-order valence-corrected chi connectivity index (χ1v) is 5.52. The Morgan fingerprint density at radius 3 is 2.94 bits per heavy atom. The van der Waals surface area contributed by atoms with Crippen molar-refractivity contribution in [3.8, 4) is 0 Å². The van der Waals surface area contributed by atoms with Crippen LogP contribution < -0.4 is 5.43 Å². The van der Waals surface area contributed by atoms with Gasteiger partial charge in [0.05, 0.1) is 15.8 Å². The van der Waals surface area contributed by atoms with Crippen LogP contribution in [0, 0.1) is 6.92 Å². The second kappa shape index (κ2) is 3.57. The maximum atomic E-state index is 12.2. The fraction of sp³-hybridized carbons (Fsp3) is 0.0769. The molecule has 0 saturated heterocycles. The van der Waals surface area contributed by atoms with Crippen molar-refractivity contribution in [1.29, 1.82) is 0 Å². The number of benzene rings is 1. The van der Waals surface area contributed by atoms with Crippen LogP contribution in [0.2, 0.25) is 5.02 Å². The second-order valence-electron chi connectivity index (χ2n) is 3.91. The van der Waals surface area contributed by atoms with E-state index in [1.165, 1.54) is 0 Å². The molecule has 0 aliphatic carbocycles. The SMILES string of the molecule is Cc1cc(Cl)c2oc3ncccc3c(=O)c2c1. The van der Waals surface area contributed by atoms with Crippen LogP contribution >= 0.6 is 11.6 Å². The predicted octanol–water partition coefficient (Wildman–Crippen LogP) is 3.30. The van der Waals surface area contributed by atoms with E-state index in [1.54, 1.807) is 30.5 Å². The topological polar surface area (TPSA) is 43.1 Å². The molecule has 84 valence electrons.